The van der Waals surface area contributed by atoms with E-state index in [-0.39, 0.29) is 11.7 Å². The Hall–Kier alpha value is -1.91. The van der Waals surface area contributed by atoms with E-state index < -0.39 is 4.92 Å². The van der Waals surface area contributed by atoms with E-state index in [2.05, 4.69) is 0 Å². The van der Waals surface area contributed by atoms with Crippen molar-refractivity contribution in [3.8, 4) is 0 Å². The number of carbonyl (C=O) groups excluding carboxylic acids is 1. The van der Waals surface area contributed by atoms with E-state index in [0.29, 0.717) is 5.76 Å². The van der Waals surface area contributed by atoms with Gasteiger partial charge in [0.15, 0.2) is 5.78 Å². The second-order valence-corrected chi connectivity index (χ2v) is 2.38. The summed E-state index contributed by atoms with van der Waals surface area (Å²) in [5, 5.41) is 10.2. The molecule has 0 saturated carbocycles. The Labute approximate surface area is 73.8 Å². The highest BCUT2D eigenvalue weighted by Gasteiger charge is 2.09. The molecular weight excluding hydrogens is 174 g/mol. The van der Waals surface area contributed by atoms with Gasteiger partial charge in [0.2, 0.25) is 0 Å². The van der Waals surface area contributed by atoms with Crippen LogP contribution >= 0.6 is 0 Å². The molecule has 0 radical (unpaired) electrons. The second-order valence-electron chi connectivity index (χ2n) is 2.38. The molecule has 0 aliphatic rings. The van der Waals surface area contributed by atoms with Crippen molar-refractivity contribution in [2.24, 2.45) is 0 Å². The van der Waals surface area contributed by atoms with Gasteiger partial charge in [-0.05, 0) is 25.1 Å². The largest absolute Gasteiger partial charge is 0.433 e. The van der Waals surface area contributed by atoms with E-state index in [0.717, 1.165) is 0 Å². The number of hydrogen-bond donors (Lipinski definition) is 0. The smallest absolute Gasteiger partial charge is 0.401 e. The molecule has 1 aromatic heterocycles. The Bertz CT molecular complexity index is 364. The Balaban J connectivity index is 2.80. The monoisotopic (exact) mass is 181 g/mol. The van der Waals surface area contributed by atoms with E-state index in [9.17, 15) is 14.9 Å². The molecule has 0 bridgehead atoms. The lowest BCUT2D eigenvalue weighted by Crippen LogP contribution is -1.82. The van der Waals surface area contributed by atoms with Crippen LogP contribution in [0.4, 0.5) is 5.88 Å². The molecule has 0 unspecified atom stereocenters. The number of nitro groups is 1. The molecule has 5 heteroatoms. The van der Waals surface area contributed by atoms with Gasteiger partial charge in [0.25, 0.3) is 0 Å². The number of rotatable bonds is 3. The zero-order chi connectivity index (χ0) is 9.84. The van der Waals surface area contributed by atoms with Crippen LogP contribution in [0.25, 0.3) is 6.08 Å². The Morgan fingerprint density at radius 1 is 1.62 bits per heavy atom. The molecule has 0 atom stereocenters. The Kier molecular flexibility index (Phi) is 2.59. The van der Waals surface area contributed by atoms with Crippen molar-refractivity contribution in [2.45, 2.75) is 6.92 Å². The van der Waals surface area contributed by atoms with Crippen LogP contribution in [-0.4, -0.2) is 10.7 Å². The number of carbonyl (C=O) groups is 1. The van der Waals surface area contributed by atoms with Crippen LogP contribution in [0.3, 0.4) is 0 Å². The van der Waals surface area contributed by atoms with Crippen molar-refractivity contribution in [3.05, 3.63) is 34.1 Å². The summed E-state index contributed by atoms with van der Waals surface area (Å²) in [5.74, 6) is -0.177. The van der Waals surface area contributed by atoms with Gasteiger partial charge >= 0.3 is 5.88 Å². The van der Waals surface area contributed by atoms with Crippen molar-refractivity contribution in [1.29, 1.82) is 0 Å². The van der Waals surface area contributed by atoms with E-state index in [4.69, 9.17) is 4.42 Å². The molecule has 13 heavy (non-hydrogen) atoms. The molecule has 68 valence electrons. The summed E-state index contributed by atoms with van der Waals surface area (Å²) in [5.41, 5.74) is 0. The Morgan fingerprint density at radius 3 is 2.77 bits per heavy atom. The van der Waals surface area contributed by atoms with Gasteiger partial charge in [0, 0.05) is 0 Å². The third kappa shape index (κ3) is 2.55. The Morgan fingerprint density at radius 2 is 2.31 bits per heavy atom. The number of ketones is 1. The molecule has 0 amide bonds. The molecule has 1 rings (SSSR count). The average molecular weight is 181 g/mol. The zero-order valence-corrected chi connectivity index (χ0v) is 6.89. The van der Waals surface area contributed by atoms with Gasteiger partial charge in [-0.15, -0.1) is 0 Å². The van der Waals surface area contributed by atoms with Crippen LogP contribution < -0.4 is 0 Å². The summed E-state index contributed by atoms with van der Waals surface area (Å²) in [4.78, 5) is 20.0. The molecule has 0 spiro atoms. The highest BCUT2D eigenvalue weighted by atomic mass is 16.6. The normalized spacial score (nSPS) is 10.5. The number of furan rings is 1. The maximum Gasteiger partial charge on any atom is 0.433 e. The van der Waals surface area contributed by atoms with Crippen molar-refractivity contribution in [3.63, 3.8) is 0 Å². The van der Waals surface area contributed by atoms with Gasteiger partial charge in [-0.2, -0.15) is 0 Å². The summed E-state index contributed by atoms with van der Waals surface area (Å²) >= 11 is 0. The summed E-state index contributed by atoms with van der Waals surface area (Å²) < 4.78 is 4.76. The minimum absolute atomic E-state index is 0.140. The van der Waals surface area contributed by atoms with Crippen LogP contribution in [-0.2, 0) is 4.79 Å². The van der Waals surface area contributed by atoms with Gasteiger partial charge in [-0.25, -0.2) is 0 Å². The van der Waals surface area contributed by atoms with Gasteiger partial charge in [-0.1, -0.05) is 0 Å². The lowest BCUT2D eigenvalue weighted by Gasteiger charge is -1.82. The highest BCUT2D eigenvalue weighted by Crippen LogP contribution is 2.16. The van der Waals surface area contributed by atoms with E-state index in [1.165, 1.54) is 31.2 Å². The topological polar surface area (TPSA) is 73.3 Å². The minimum Gasteiger partial charge on any atom is -0.401 e. The summed E-state index contributed by atoms with van der Waals surface area (Å²) in [6.07, 6.45) is 2.66. The van der Waals surface area contributed by atoms with Crippen LogP contribution in [0, 0.1) is 10.1 Å². The molecule has 0 N–H and O–H groups in total. The molecular formula is C8H7NO4. The van der Waals surface area contributed by atoms with Gasteiger partial charge < -0.3 is 4.42 Å². The van der Waals surface area contributed by atoms with Crippen LogP contribution in [0.15, 0.2) is 22.6 Å². The molecule has 0 aliphatic carbocycles. The zero-order valence-electron chi connectivity index (χ0n) is 6.89. The van der Waals surface area contributed by atoms with E-state index >= 15 is 0 Å². The minimum atomic E-state index is -0.634. The average Bonchev–Trinajstić information content (AvgIpc) is 2.48. The fourth-order valence-corrected chi connectivity index (χ4v) is 0.729. The summed E-state index contributed by atoms with van der Waals surface area (Å²) in [6, 6.07) is 2.66. The number of hydrogen-bond acceptors (Lipinski definition) is 4. The molecule has 5 nitrogen and oxygen atoms in total. The highest BCUT2D eigenvalue weighted by molar-refractivity contribution is 5.91. The van der Waals surface area contributed by atoms with Gasteiger partial charge in [0.05, 0.1) is 6.07 Å². The predicted molar refractivity (Wildman–Crippen MR) is 45.1 cm³/mol. The van der Waals surface area contributed by atoms with Gasteiger partial charge in [0.1, 0.15) is 10.7 Å². The molecule has 1 heterocycles. The quantitative estimate of drug-likeness (QED) is 0.404. The van der Waals surface area contributed by atoms with Gasteiger partial charge in [-0.3, -0.25) is 14.9 Å². The first kappa shape index (κ1) is 9.18. The number of nitrogens with zero attached hydrogens (tertiary/aromatic N) is 1. The maximum atomic E-state index is 10.5. The molecule has 0 aliphatic heterocycles. The fraction of sp³-hybridized carbons (Fsp3) is 0.125. The molecule has 0 aromatic carbocycles. The van der Waals surface area contributed by atoms with Crippen molar-refractivity contribution < 1.29 is 14.1 Å². The molecule has 1 aromatic rings. The maximum absolute atomic E-state index is 10.5. The lowest BCUT2D eigenvalue weighted by molar-refractivity contribution is -0.402. The predicted octanol–water partition coefficient (Wildman–Crippen LogP) is 1.79. The fourth-order valence-electron chi connectivity index (χ4n) is 0.729. The van der Waals surface area contributed by atoms with Crippen molar-refractivity contribution in [1.82, 2.24) is 0 Å². The van der Waals surface area contributed by atoms with Crippen LogP contribution in [0.5, 0.6) is 0 Å². The lowest BCUT2D eigenvalue weighted by atomic mass is 10.3. The van der Waals surface area contributed by atoms with Crippen LogP contribution in [0.2, 0.25) is 0 Å². The van der Waals surface area contributed by atoms with Crippen molar-refractivity contribution >= 4 is 17.7 Å². The number of allylic oxidation sites excluding steroid dienone is 1. The standard InChI is InChI=1S/C8H7NO4/c1-6(10)2-3-7-4-5-8(13-7)9(11)12/h2-5H,1H3/b3-2-. The first-order valence-electron chi connectivity index (χ1n) is 3.52. The summed E-state index contributed by atoms with van der Waals surface area (Å²) in [7, 11) is 0. The van der Waals surface area contributed by atoms with E-state index in [1.54, 1.807) is 0 Å². The SMILES string of the molecule is CC(=O)/C=C\c1ccc([N+](=O)[O-])o1. The first-order valence-corrected chi connectivity index (χ1v) is 3.52. The molecule has 0 saturated heterocycles. The second kappa shape index (κ2) is 3.66. The molecule has 0 fully saturated rings. The van der Waals surface area contributed by atoms with Crippen molar-refractivity contribution in [2.75, 3.05) is 0 Å². The summed E-state index contributed by atoms with van der Waals surface area (Å²) in [6.45, 7) is 1.38. The van der Waals surface area contributed by atoms with Crippen LogP contribution in [0.1, 0.15) is 12.7 Å². The first-order chi connectivity index (χ1) is 6.09. The van der Waals surface area contributed by atoms with E-state index in [1.807, 2.05) is 0 Å². The third-order valence-corrected chi connectivity index (χ3v) is 1.27. The third-order valence-electron chi connectivity index (χ3n) is 1.27.